The van der Waals surface area contributed by atoms with Crippen LogP contribution in [-0.4, -0.2) is 16.7 Å². The zero-order valence-electron chi connectivity index (χ0n) is 11.3. The van der Waals surface area contributed by atoms with E-state index in [4.69, 9.17) is 0 Å². The van der Waals surface area contributed by atoms with Crippen molar-refractivity contribution in [3.05, 3.63) is 34.2 Å². The fourth-order valence-electron chi connectivity index (χ4n) is 1.63. The summed E-state index contributed by atoms with van der Waals surface area (Å²) in [4.78, 5) is 11.5. The molecule has 0 aliphatic heterocycles. The molecular formula is C13H19F3N2O. The van der Waals surface area contributed by atoms with Crippen LogP contribution in [0.15, 0.2) is 23.0 Å². The van der Waals surface area contributed by atoms with Crippen LogP contribution in [0.1, 0.15) is 32.9 Å². The summed E-state index contributed by atoms with van der Waals surface area (Å²) < 4.78 is 39.1. The monoisotopic (exact) mass is 276 g/mol. The van der Waals surface area contributed by atoms with Gasteiger partial charge in [-0.05, 0) is 26.3 Å². The first-order valence-corrected chi connectivity index (χ1v) is 6.19. The molecule has 1 heterocycles. The Morgan fingerprint density at radius 1 is 1.26 bits per heavy atom. The molecule has 1 N–H and O–H groups in total. The first kappa shape index (κ1) is 15.8. The van der Waals surface area contributed by atoms with Gasteiger partial charge in [0.2, 0.25) is 0 Å². The first-order chi connectivity index (χ1) is 8.67. The average molecular weight is 276 g/mol. The SMILES string of the molecule is CCC(C)(C)NCCn1c(C(F)(F)F)cccc1=O. The molecule has 0 fully saturated rings. The maximum absolute atomic E-state index is 12.8. The smallest absolute Gasteiger partial charge is 0.310 e. The summed E-state index contributed by atoms with van der Waals surface area (Å²) in [6, 6.07) is 3.19. The molecule has 1 aromatic rings. The number of pyridine rings is 1. The van der Waals surface area contributed by atoms with Gasteiger partial charge in [-0.15, -0.1) is 0 Å². The van der Waals surface area contributed by atoms with Crippen LogP contribution in [0.5, 0.6) is 0 Å². The summed E-state index contributed by atoms with van der Waals surface area (Å²) in [6.07, 6.45) is -3.66. The molecule has 0 radical (unpaired) electrons. The normalized spacial score (nSPS) is 12.7. The summed E-state index contributed by atoms with van der Waals surface area (Å²) in [5.74, 6) is 0. The maximum Gasteiger partial charge on any atom is 0.431 e. The lowest BCUT2D eigenvalue weighted by molar-refractivity contribution is -0.144. The lowest BCUT2D eigenvalue weighted by Crippen LogP contribution is -2.41. The van der Waals surface area contributed by atoms with Gasteiger partial charge in [0.05, 0.1) is 0 Å². The molecule has 0 aromatic carbocycles. The first-order valence-electron chi connectivity index (χ1n) is 6.19. The summed E-state index contributed by atoms with van der Waals surface area (Å²) in [5.41, 5.74) is -1.70. The van der Waals surface area contributed by atoms with Crippen molar-refractivity contribution in [3.63, 3.8) is 0 Å². The van der Waals surface area contributed by atoms with Crippen LogP contribution < -0.4 is 10.9 Å². The standard InChI is InChI=1S/C13H19F3N2O/c1-4-12(2,3)17-8-9-18-10(13(14,15)16)6-5-7-11(18)19/h5-7,17H,4,8-9H2,1-3H3. The molecular weight excluding hydrogens is 257 g/mol. The van der Waals surface area contributed by atoms with Crippen LogP contribution in [-0.2, 0) is 12.7 Å². The van der Waals surface area contributed by atoms with E-state index in [9.17, 15) is 18.0 Å². The Balaban J connectivity index is 2.87. The van der Waals surface area contributed by atoms with Crippen molar-refractivity contribution in [3.8, 4) is 0 Å². The molecule has 0 spiro atoms. The molecule has 19 heavy (non-hydrogen) atoms. The molecule has 1 aromatic heterocycles. The van der Waals surface area contributed by atoms with Crippen molar-refractivity contribution in [1.82, 2.24) is 9.88 Å². The number of hydrogen-bond donors (Lipinski definition) is 1. The molecule has 0 aliphatic rings. The Hall–Kier alpha value is -1.30. The zero-order valence-corrected chi connectivity index (χ0v) is 11.3. The molecule has 6 heteroatoms. The molecule has 108 valence electrons. The van der Waals surface area contributed by atoms with E-state index in [0.717, 1.165) is 29.2 Å². The average Bonchev–Trinajstić information content (AvgIpc) is 2.29. The second kappa shape index (κ2) is 5.77. The van der Waals surface area contributed by atoms with Gasteiger partial charge in [0.15, 0.2) is 0 Å². The van der Waals surface area contributed by atoms with Crippen LogP contribution in [0, 0.1) is 0 Å². The molecule has 3 nitrogen and oxygen atoms in total. The van der Waals surface area contributed by atoms with E-state index >= 15 is 0 Å². The number of rotatable bonds is 5. The van der Waals surface area contributed by atoms with Crippen molar-refractivity contribution < 1.29 is 13.2 Å². The second-order valence-corrected chi connectivity index (χ2v) is 5.06. The van der Waals surface area contributed by atoms with Gasteiger partial charge in [-0.25, -0.2) is 0 Å². The van der Waals surface area contributed by atoms with E-state index in [0.29, 0.717) is 6.54 Å². The number of halogens is 3. The highest BCUT2D eigenvalue weighted by Crippen LogP contribution is 2.27. The van der Waals surface area contributed by atoms with Gasteiger partial charge in [-0.2, -0.15) is 13.2 Å². The third-order valence-corrected chi connectivity index (χ3v) is 3.16. The fourth-order valence-corrected chi connectivity index (χ4v) is 1.63. The van der Waals surface area contributed by atoms with Crippen LogP contribution in [0.2, 0.25) is 0 Å². The van der Waals surface area contributed by atoms with Crippen LogP contribution in [0.25, 0.3) is 0 Å². The summed E-state index contributed by atoms with van der Waals surface area (Å²) in [7, 11) is 0. The van der Waals surface area contributed by atoms with Gasteiger partial charge in [0.1, 0.15) is 5.69 Å². The van der Waals surface area contributed by atoms with Crippen molar-refractivity contribution in [2.24, 2.45) is 0 Å². The zero-order chi connectivity index (χ0) is 14.7. The number of nitrogens with one attached hydrogen (secondary N) is 1. The molecule has 0 saturated carbocycles. The predicted molar refractivity (Wildman–Crippen MR) is 68.1 cm³/mol. The van der Waals surface area contributed by atoms with Gasteiger partial charge in [-0.3, -0.25) is 4.79 Å². The quantitative estimate of drug-likeness (QED) is 0.897. The predicted octanol–water partition coefficient (Wildman–Crippen LogP) is 2.65. The maximum atomic E-state index is 12.8. The second-order valence-electron chi connectivity index (χ2n) is 5.06. The van der Waals surface area contributed by atoms with Gasteiger partial charge < -0.3 is 9.88 Å². The van der Waals surface area contributed by atoms with Crippen LogP contribution >= 0.6 is 0 Å². The lowest BCUT2D eigenvalue weighted by Gasteiger charge is -2.25. The van der Waals surface area contributed by atoms with Crippen molar-refractivity contribution in [1.29, 1.82) is 0 Å². The number of alkyl halides is 3. The molecule has 0 saturated heterocycles. The van der Waals surface area contributed by atoms with E-state index in [2.05, 4.69) is 5.32 Å². The minimum Gasteiger partial charge on any atom is -0.310 e. The van der Waals surface area contributed by atoms with Gasteiger partial charge in [0.25, 0.3) is 5.56 Å². The fraction of sp³-hybridized carbons (Fsp3) is 0.615. The number of aromatic nitrogens is 1. The Morgan fingerprint density at radius 3 is 2.42 bits per heavy atom. The summed E-state index contributed by atoms with van der Waals surface area (Å²) in [5, 5.41) is 3.14. The highest BCUT2D eigenvalue weighted by molar-refractivity contribution is 5.10. The summed E-state index contributed by atoms with van der Waals surface area (Å²) >= 11 is 0. The third-order valence-electron chi connectivity index (χ3n) is 3.16. The topological polar surface area (TPSA) is 34.0 Å². The molecule has 0 amide bonds. The van der Waals surface area contributed by atoms with E-state index < -0.39 is 17.4 Å². The largest absolute Gasteiger partial charge is 0.431 e. The van der Waals surface area contributed by atoms with E-state index in [-0.39, 0.29) is 12.1 Å². The highest BCUT2D eigenvalue weighted by Gasteiger charge is 2.34. The van der Waals surface area contributed by atoms with Gasteiger partial charge >= 0.3 is 6.18 Å². The molecule has 0 bridgehead atoms. The van der Waals surface area contributed by atoms with Gasteiger partial charge in [0, 0.05) is 24.7 Å². The van der Waals surface area contributed by atoms with Gasteiger partial charge in [-0.1, -0.05) is 13.0 Å². The minimum atomic E-state index is -4.51. The van der Waals surface area contributed by atoms with E-state index in [1.165, 1.54) is 0 Å². The number of hydrogen-bond acceptors (Lipinski definition) is 2. The van der Waals surface area contributed by atoms with Crippen molar-refractivity contribution in [2.45, 2.75) is 45.5 Å². The van der Waals surface area contributed by atoms with Crippen LogP contribution in [0.3, 0.4) is 0 Å². The van der Waals surface area contributed by atoms with E-state index in [1.807, 2.05) is 20.8 Å². The molecule has 1 rings (SSSR count). The Bertz CT molecular complexity index is 478. The Morgan fingerprint density at radius 2 is 1.89 bits per heavy atom. The van der Waals surface area contributed by atoms with E-state index in [1.54, 1.807) is 0 Å². The number of nitrogens with zero attached hydrogens (tertiary/aromatic N) is 1. The molecule has 0 aliphatic carbocycles. The lowest BCUT2D eigenvalue weighted by atomic mass is 10.0. The van der Waals surface area contributed by atoms with Crippen molar-refractivity contribution >= 4 is 0 Å². The van der Waals surface area contributed by atoms with Crippen LogP contribution in [0.4, 0.5) is 13.2 Å². The third kappa shape index (κ3) is 4.38. The Labute approximate surface area is 110 Å². The Kier molecular flexibility index (Phi) is 4.79. The summed E-state index contributed by atoms with van der Waals surface area (Å²) in [6.45, 7) is 6.23. The van der Waals surface area contributed by atoms with Crippen molar-refractivity contribution in [2.75, 3.05) is 6.54 Å². The molecule has 0 unspecified atom stereocenters. The minimum absolute atomic E-state index is 0.00204. The molecule has 0 atom stereocenters. The highest BCUT2D eigenvalue weighted by atomic mass is 19.4.